The number of pyridine rings is 1. The topological polar surface area (TPSA) is 79.7 Å². The molecule has 1 atom stereocenters. The van der Waals surface area contributed by atoms with Crippen molar-refractivity contribution in [2.75, 3.05) is 7.11 Å². The Labute approximate surface area is 197 Å². The highest BCUT2D eigenvalue weighted by Crippen LogP contribution is 2.43. The minimum atomic E-state index is -0.795. The van der Waals surface area contributed by atoms with E-state index >= 15 is 0 Å². The Balaban J connectivity index is 1.94. The van der Waals surface area contributed by atoms with Gasteiger partial charge in [-0.1, -0.05) is 47.5 Å². The maximum atomic E-state index is 13.3. The number of aliphatic hydroxyl groups is 1. The molecule has 1 aliphatic rings. The number of likely N-dealkylation sites (tertiary alicyclic amines) is 1. The molecule has 1 amide bonds. The highest BCUT2D eigenvalue weighted by atomic mass is 35.5. The monoisotopic (exact) mass is 462 g/mol. The molecule has 0 radical (unpaired) electrons. The lowest BCUT2D eigenvalue weighted by molar-refractivity contribution is -0.140. The number of hydrogen-bond acceptors (Lipinski definition) is 5. The van der Waals surface area contributed by atoms with Crippen molar-refractivity contribution in [3.63, 3.8) is 0 Å². The van der Waals surface area contributed by atoms with Gasteiger partial charge < -0.3 is 14.7 Å². The van der Waals surface area contributed by atoms with Crippen LogP contribution in [0, 0.1) is 13.8 Å². The van der Waals surface area contributed by atoms with Crippen LogP contribution in [0.4, 0.5) is 0 Å². The number of benzene rings is 2. The van der Waals surface area contributed by atoms with Crippen LogP contribution in [0.5, 0.6) is 5.75 Å². The summed E-state index contributed by atoms with van der Waals surface area (Å²) in [6, 6.07) is 15.5. The Morgan fingerprint density at radius 2 is 1.88 bits per heavy atom. The fourth-order valence-corrected chi connectivity index (χ4v) is 4.50. The molecule has 3 aromatic rings. The molecule has 33 heavy (non-hydrogen) atoms. The number of rotatable bonds is 5. The van der Waals surface area contributed by atoms with Gasteiger partial charge in [0.1, 0.15) is 11.5 Å². The normalized spacial score (nSPS) is 17.5. The number of aromatic nitrogens is 1. The van der Waals surface area contributed by atoms with Gasteiger partial charge in [0.25, 0.3) is 11.7 Å². The van der Waals surface area contributed by atoms with E-state index in [0.29, 0.717) is 16.3 Å². The zero-order valence-electron chi connectivity index (χ0n) is 18.5. The van der Waals surface area contributed by atoms with Gasteiger partial charge in [0.05, 0.1) is 41.5 Å². The van der Waals surface area contributed by atoms with Gasteiger partial charge in [-0.25, -0.2) is 0 Å². The summed E-state index contributed by atoms with van der Waals surface area (Å²) in [5.41, 5.74) is 3.33. The molecule has 0 bridgehead atoms. The molecule has 2 heterocycles. The molecule has 1 saturated heterocycles. The van der Waals surface area contributed by atoms with Crippen LogP contribution >= 0.6 is 11.6 Å². The average molecular weight is 463 g/mol. The number of aliphatic hydroxyl groups excluding tert-OH is 1. The smallest absolute Gasteiger partial charge is 0.296 e. The first-order valence-corrected chi connectivity index (χ1v) is 10.8. The number of ketones is 1. The number of carbonyl (C=O) groups is 2. The molecular weight excluding hydrogens is 440 g/mol. The summed E-state index contributed by atoms with van der Waals surface area (Å²) in [7, 11) is 1.44. The van der Waals surface area contributed by atoms with Crippen molar-refractivity contribution in [2.24, 2.45) is 0 Å². The highest BCUT2D eigenvalue weighted by molar-refractivity contribution is 6.46. The Morgan fingerprint density at radius 3 is 2.55 bits per heavy atom. The Kier molecular flexibility index (Phi) is 6.20. The first-order valence-electron chi connectivity index (χ1n) is 10.4. The number of Topliss-reactive ketones (excluding diaryl/α,β-unsaturated/α-hetero) is 1. The number of aryl methyl sites for hydroxylation is 2. The van der Waals surface area contributed by atoms with Crippen molar-refractivity contribution in [1.82, 2.24) is 9.88 Å². The Morgan fingerprint density at radius 1 is 1.09 bits per heavy atom. The van der Waals surface area contributed by atoms with Crippen molar-refractivity contribution in [1.29, 1.82) is 0 Å². The molecule has 1 unspecified atom stereocenters. The summed E-state index contributed by atoms with van der Waals surface area (Å²) in [6.07, 6.45) is 1.63. The van der Waals surface area contributed by atoms with Crippen molar-refractivity contribution >= 4 is 29.1 Å². The van der Waals surface area contributed by atoms with Gasteiger partial charge in [-0.15, -0.1) is 0 Å². The summed E-state index contributed by atoms with van der Waals surface area (Å²) in [4.78, 5) is 32.2. The zero-order chi connectivity index (χ0) is 23.7. The highest BCUT2D eigenvalue weighted by Gasteiger charge is 2.46. The summed E-state index contributed by atoms with van der Waals surface area (Å²) in [5, 5.41) is 11.7. The second kappa shape index (κ2) is 9.08. The minimum Gasteiger partial charge on any atom is -0.507 e. The molecule has 0 saturated carbocycles. The molecule has 1 aliphatic heterocycles. The van der Waals surface area contributed by atoms with Gasteiger partial charge in [-0.3, -0.25) is 14.6 Å². The molecule has 1 fully saturated rings. The van der Waals surface area contributed by atoms with Crippen LogP contribution in [0.15, 0.2) is 66.4 Å². The molecule has 168 valence electrons. The third-order valence-corrected chi connectivity index (χ3v) is 5.88. The quantitative estimate of drug-likeness (QED) is 0.328. The lowest BCUT2D eigenvalue weighted by Gasteiger charge is -2.25. The fraction of sp³-hybridized carbons (Fsp3) is 0.192. The van der Waals surface area contributed by atoms with Crippen LogP contribution in [0.2, 0.25) is 5.02 Å². The van der Waals surface area contributed by atoms with Crippen molar-refractivity contribution in [3.8, 4) is 5.75 Å². The van der Waals surface area contributed by atoms with Crippen LogP contribution in [0.3, 0.4) is 0 Å². The van der Waals surface area contributed by atoms with E-state index in [2.05, 4.69) is 4.98 Å². The van der Waals surface area contributed by atoms with Crippen molar-refractivity contribution < 1.29 is 19.4 Å². The Hall–Kier alpha value is -3.64. The van der Waals surface area contributed by atoms with E-state index in [-0.39, 0.29) is 29.2 Å². The largest absolute Gasteiger partial charge is 0.507 e. The van der Waals surface area contributed by atoms with Gasteiger partial charge in [0, 0.05) is 6.20 Å². The molecule has 1 N–H and O–H groups in total. The minimum absolute atomic E-state index is 0.0125. The summed E-state index contributed by atoms with van der Waals surface area (Å²) in [6.45, 7) is 3.87. The van der Waals surface area contributed by atoms with E-state index in [1.807, 2.05) is 44.2 Å². The average Bonchev–Trinajstić information content (AvgIpc) is 3.04. The van der Waals surface area contributed by atoms with E-state index < -0.39 is 17.7 Å². The molecular formula is C26H23ClN2O4. The van der Waals surface area contributed by atoms with E-state index in [9.17, 15) is 14.7 Å². The number of methoxy groups -OCH3 is 1. The molecule has 7 heteroatoms. The number of halogens is 1. The third kappa shape index (κ3) is 4.22. The van der Waals surface area contributed by atoms with Gasteiger partial charge in [-0.05, 0) is 49.2 Å². The number of carbonyl (C=O) groups excluding carboxylic acids is 2. The molecule has 1 aromatic heterocycles. The summed E-state index contributed by atoms with van der Waals surface area (Å²) < 4.78 is 5.41. The van der Waals surface area contributed by atoms with E-state index in [4.69, 9.17) is 16.3 Å². The van der Waals surface area contributed by atoms with E-state index in [1.54, 1.807) is 30.5 Å². The van der Waals surface area contributed by atoms with Gasteiger partial charge >= 0.3 is 0 Å². The van der Waals surface area contributed by atoms with Crippen LogP contribution < -0.4 is 4.74 Å². The number of nitrogens with zero attached hydrogens (tertiary/aromatic N) is 2. The standard InChI is InChI=1S/C26H23ClN2O4/c1-15-7-6-8-17(11-15)22-21(23(30)19-12-16(2)13-20(27)25(19)33-3)24(31)26(32)29(22)14-18-9-4-5-10-28-18/h4-13,22,30H,14H2,1-3H3/b23-21+. The third-order valence-electron chi connectivity index (χ3n) is 5.60. The van der Waals surface area contributed by atoms with Crippen LogP contribution in [0.1, 0.15) is 34.0 Å². The second-order valence-corrected chi connectivity index (χ2v) is 8.40. The Bertz CT molecular complexity index is 1270. The SMILES string of the molecule is COc1c(Cl)cc(C)cc1/C(O)=C1\C(=O)C(=O)N(Cc2ccccn2)C1c1cccc(C)c1. The van der Waals surface area contributed by atoms with Gasteiger partial charge in [-0.2, -0.15) is 0 Å². The lowest BCUT2D eigenvalue weighted by atomic mass is 9.93. The summed E-state index contributed by atoms with van der Waals surface area (Å²) >= 11 is 6.33. The molecule has 0 spiro atoms. The predicted octanol–water partition coefficient (Wildman–Crippen LogP) is 4.98. The van der Waals surface area contributed by atoms with Crippen molar-refractivity contribution in [2.45, 2.75) is 26.4 Å². The van der Waals surface area contributed by atoms with Crippen LogP contribution in [-0.2, 0) is 16.1 Å². The second-order valence-electron chi connectivity index (χ2n) is 7.99. The summed E-state index contributed by atoms with van der Waals surface area (Å²) in [5.74, 6) is -1.56. The van der Waals surface area contributed by atoms with Gasteiger partial charge in [0.2, 0.25) is 0 Å². The van der Waals surface area contributed by atoms with Gasteiger partial charge in [0.15, 0.2) is 0 Å². The number of ether oxygens (including phenoxy) is 1. The van der Waals surface area contributed by atoms with E-state index in [0.717, 1.165) is 11.1 Å². The maximum Gasteiger partial charge on any atom is 0.296 e. The predicted molar refractivity (Wildman–Crippen MR) is 126 cm³/mol. The lowest BCUT2D eigenvalue weighted by Crippen LogP contribution is -2.29. The van der Waals surface area contributed by atoms with Crippen LogP contribution in [0.25, 0.3) is 5.76 Å². The first-order chi connectivity index (χ1) is 15.8. The molecule has 4 rings (SSSR count). The maximum absolute atomic E-state index is 13.3. The van der Waals surface area contributed by atoms with Crippen molar-refractivity contribution in [3.05, 3.63) is 99.3 Å². The molecule has 2 aromatic carbocycles. The van der Waals surface area contributed by atoms with Crippen LogP contribution in [-0.4, -0.2) is 33.8 Å². The first kappa shape index (κ1) is 22.6. The number of amides is 1. The number of hydrogen-bond donors (Lipinski definition) is 1. The zero-order valence-corrected chi connectivity index (χ0v) is 19.3. The van der Waals surface area contributed by atoms with E-state index in [1.165, 1.54) is 12.0 Å². The fourth-order valence-electron chi connectivity index (χ4n) is 4.15. The molecule has 6 nitrogen and oxygen atoms in total. The molecule has 0 aliphatic carbocycles.